The molecule has 0 bridgehead atoms. The Labute approximate surface area is 143 Å². The maximum absolute atomic E-state index is 12.5. The highest BCUT2D eigenvalue weighted by Crippen LogP contribution is 2.23. The second kappa shape index (κ2) is 7.00. The number of benzene rings is 1. The molecule has 1 aromatic heterocycles. The lowest BCUT2D eigenvalue weighted by Gasteiger charge is -2.17. The van der Waals surface area contributed by atoms with Crippen molar-refractivity contribution < 1.29 is 14.0 Å². The predicted octanol–water partition coefficient (Wildman–Crippen LogP) is 3.68. The van der Waals surface area contributed by atoms with Crippen LogP contribution < -0.4 is 5.32 Å². The van der Waals surface area contributed by atoms with Crippen molar-refractivity contribution in [1.82, 2.24) is 4.90 Å². The van der Waals surface area contributed by atoms with Crippen LogP contribution in [-0.2, 0) is 4.79 Å². The van der Waals surface area contributed by atoms with Crippen LogP contribution in [-0.4, -0.2) is 30.3 Å². The van der Waals surface area contributed by atoms with E-state index in [1.807, 2.05) is 32.0 Å². The van der Waals surface area contributed by atoms with Crippen molar-refractivity contribution >= 4 is 33.4 Å². The molecule has 0 unspecified atom stereocenters. The molecule has 0 aliphatic carbocycles. The van der Waals surface area contributed by atoms with E-state index in [1.165, 1.54) is 4.90 Å². The number of nitrogens with zero attached hydrogens (tertiary/aromatic N) is 1. The Bertz CT molecular complexity index is 752. The zero-order valence-electron chi connectivity index (χ0n) is 13.6. The number of halogens is 1. The van der Waals surface area contributed by atoms with Crippen molar-refractivity contribution in [2.24, 2.45) is 0 Å². The van der Waals surface area contributed by atoms with Gasteiger partial charge in [-0.2, -0.15) is 0 Å². The Morgan fingerprint density at radius 3 is 2.39 bits per heavy atom. The van der Waals surface area contributed by atoms with Crippen molar-refractivity contribution in [2.75, 3.05) is 18.9 Å². The second-order valence-electron chi connectivity index (χ2n) is 5.40. The number of hydrogen-bond donors (Lipinski definition) is 1. The smallest absolute Gasteiger partial charge is 0.257 e. The van der Waals surface area contributed by atoms with Crippen LogP contribution in [0, 0.1) is 20.8 Å². The van der Waals surface area contributed by atoms with Crippen LogP contribution in [0.2, 0.25) is 0 Å². The Kier molecular flexibility index (Phi) is 5.26. The van der Waals surface area contributed by atoms with Gasteiger partial charge < -0.3 is 14.6 Å². The van der Waals surface area contributed by atoms with Crippen LogP contribution >= 0.6 is 15.9 Å². The minimum absolute atomic E-state index is 0.0384. The lowest BCUT2D eigenvalue weighted by Crippen LogP contribution is -2.35. The van der Waals surface area contributed by atoms with E-state index in [-0.39, 0.29) is 18.4 Å². The number of nitrogens with one attached hydrogen (secondary N) is 1. The van der Waals surface area contributed by atoms with Gasteiger partial charge in [0, 0.05) is 17.1 Å². The minimum atomic E-state index is -0.261. The first-order valence-corrected chi connectivity index (χ1v) is 7.97. The number of hydrogen-bond acceptors (Lipinski definition) is 3. The number of rotatable bonds is 4. The number of carbonyl (C=O) groups is 2. The van der Waals surface area contributed by atoms with E-state index in [0.29, 0.717) is 17.0 Å². The molecule has 23 heavy (non-hydrogen) atoms. The van der Waals surface area contributed by atoms with E-state index >= 15 is 0 Å². The van der Waals surface area contributed by atoms with E-state index in [1.54, 1.807) is 20.0 Å². The van der Waals surface area contributed by atoms with Crippen molar-refractivity contribution in [2.45, 2.75) is 20.8 Å². The van der Waals surface area contributed by atoms with Crippen LogP contribution in [0.3, 0.4) is 0 Å². The highest BCUT2D eigenvalue weighted by molar-refractivity contribution is 9.10. The molecule has 0 fully saturated rings. The zero-order valence-corrected chi connectivity index (χ0v) is 15.2. The predicted molar refractivity (Wildman–Crippen MR) is 92.7 cm³/mol. The molecule has 2 rings (SSSR count). The second-order valence-corrected chi connectivity index (χ2v) is 6.26. The minimum Gasteiger partial charge on any atom is -0.466 e. The number of furan rings is 1. The molecule has 5 nitrogen and oxygen atoms in total. The van der Waals surface area contributed by atoms with Gasteiger partial charge >= 0.3 is 0 Å². The molecule has 2 amide bonds. The topological polar surface area (TPSA) is 62.6 Å². The summed E-state index contributed by atoms with van der Waals surface area (Å²) in [6.45, 7) is 5.37. The highest BCUT2D eigenvalue weighted by atomic mass is 79.9. The maximum Gasteiger partial charge on any atom is 0.257 e. The van der Waals surface area contributed by atoms with Crippen LogP contribution in [0.1, 0.15) is 27.4 Å². The maximum atomic E-state index is 12.5. The van der Waals surface area contributed by atoms with E-state index in [2.05, 4.69) is 21.2 Å². The Hall–Kier alpha value is -2.08. The summed E-state index contributed by atoms with van der Waals surface area (Å²) in [6, 6.07) is 7.32. The zero-order chi connectivity index (χ0) is 17.1. The number of likely N-dealkylation sites (N-methyl/N-ethyl adjacent to an activating group) is 1. The van der Waals surface area contributed by atoms with Gasteiger partial charge in [-0.05, 0) is 48.8 Å². The van der Waals surface area contributed by atoms with Crippen LogP contribution in [0.15, 0.2) is 33.2 Å². The third-order valence-electron chi connectivity index (χ3n) is 3.65. The highest BCUT2D eigenvalue weighted by Gasteiger charge is 2.23. The lowest BCUT2D eigenvalue weighted by molar-refractivity contribution is -0.116. The van der Waals surface area contributed by atoms with Crippen molar-refractivity contribution in [3.05, 3.63) is 51.4 Å². The summed E-state index contributed by atoms with van der Waals surface area (Å²) in [7, 11) is 1.60. The standard InChI is InChI=1S/C17H19BrN2O3/c1-10-11(2)23-12(3)16(10)17(22)20(4)9-15(21)19-14-8-6-5-7-13(14)18/h5-8H,9H2,1-4H3,(H,19,21). The molecular formula is C17H19BrN2O3. The largest absolute Gasteiger partial charge is 0.466 e. The van der Waals surface area contributed by atoms with Crippen LogP contribution in [0.4, 0.5) is 5.69 Å². The van der Waals surface area contributed by atoms with E-state index in [4.69, 9.17) is 4.42 Å². The monoisotopic (exact) mass is 378 g/mol. The van der Waals surface area contributed by atoms with Crippen molar-refractivity contribution in [3.63, 3.8) is 0 Å². The molecule has 1 aromatic carbocycles. The summed E-state index contributed by atoms with van der Waals surface area (Å²) in [5.41, 5.74) is 2.01. The van der Waals surface area contributed by atoms with Gasteiger partial charge in [0.1, 0.15) is 11.5 Å². The first-order chi connectivity index (χ1) is 10.8. The number of carbonyl (C=O) groups excluding carboxylic acids is 2. The number of anilines is 1. The first-order valence-electron chi connectivity index (χ1n) is 7.17. The number of amides is 2. The van der Waals surface area contributed by atoms with E-state index in [0.717, 1.165) is 15.8 Å². The molecule has 6 heteroatoms. The van der Waals surface area contributed by atoms with Gasteiger partial charge in [-0.25, -0.2) is 0 Å². The quantitative estimate of drug-likeness (QED) is 0.882. The number of aryl methyl sites for hydroxylation is 2. The first kappa shape index (κ1) is 17.3. The van der Waals surface area contributed by atoms with Crippen LogP contribution in [0.5, 0.6) is 0 Å². The van der Waals surface area contributed by atoms with Crippen molar-refractivity contribution in [1.29, 1.82) is 0 Å². The average molecular weight is 379 g/mol. The molecule has 0 radical (unpaired) electrons. The molecule has 0 aliphatic heterocycles. The molecule has 0 atom stereocenters. The van der Waals surface area contributed by atoms with Gasteiger partial charge in [0.2, 0.25) is 5.91 Å². The molecular weight excluding hydrogens is 360 g/mol. The summed E-state index contributed by atoms with van der Waals surface area (Å²) in [4.78, 5) is 26.1. The third-order valence-corrected chi connectivity index (χ3v) is 4.34. The van der Waals surface area contributed by atoms with E-state index in [9.17, 15) is 9.59 Å². The molecule has 0 saturated carbocycles. The Morgan fingerprint density at radius 2 is 1.83 bits per heavy atom. The average Bonchev–Trinajstić information content (AvgIpc) is 2.73. The lowest BCUT2D eigenvalue weighted by atomic mass is 10.1. The fourth-order valence-corrected chi connectivity index (χ4v) is 2.72. The molecule has 122 valence electrons. The summed E-state index contributed by atoms with van der Waals surface area (Å²) >= 11 is 3.37. The van der Waals surface area contributed by atoms with Gasteiger partial charge in [0.25, 0.3) is 5.91 Å². The molecule has 0 spiro atoms. The fraction of sp³-hybridized carbons (Fsp3) is 0.294. The summed E-state index contributed by atoms with van der Waals surface area (Å²) in [5, 5.41) is 2.78. The molecule has 2 aromatic rings. The van der Waals surface area contributed by atoms with Gasteiger partial charge in [-0.3, -0.25) is 9.59 Å². The van der Waals surface area contributed by atoms with Gasteiger partial charge in [-0.15, -0.1) is 0 Å². The van der Waals surface area contributed by atoms with Gasteiger partial charge in [0.15, 0.2) is 0 Å². The Morgan fingerprint density at radius 1 is 1.17 bits per heavy atom. The summed E-state index contributed by atoms with van der Waals surface area (Å²) in [5.74, 6) is 0.808. The summed E-state index contributed by atoms with van der Waals surface area (Å²) in [6.07, 6.45) is 0. The SMILES string of the molecule is Cc1oc(C)c(C(=O)N(C)CC(=O)Nc2ccccc2Br)c1C. The normalized spacial score (nSPS) is 10.5. The van der Waals surface area contributed by atoms with Crippen LogP contribution in [0.25, 0.3) is 0 Å². The molecule has 1 N–H and O–H groups in total. The summed E-state index contributed by atoms with van der Waals surface area (Å²) < 4.78 is 6.27. The fourth-order valence-electron chi connectivity index (χ4n) is 2.34. The molecule has 0 aliphatic rings. The molecule has 1 heterocycles. The Balaban J connectivity index is 2.06. The number of para-hydroxylation sites is 1. The van der Waals surface area contributed by atoms with Gasteiger partial charge in [0.05, 0.1) is 17.8 Å². The van der Waals surface area contributed by atoms with Crippen molar-refractivity contribution in [3.8, 4) is 0 Å². The van der Waals surface area contributed by atoms with Gasteiger partial charge in [-0.1, -0.05) is 12.1 Å². The molecule has 0 saturated heterocycles. The third kappa shape index (κ3) is 3.82. The van der Waals surface area contributed by atoms with E-state index < -0.39 is 0 Å².